The average molecular weight is 439 g/mol. The number of anilines is 3. The first-order valence-electron chi connectivity index (χ1n) is 10.6. The topological polar surface area (TPSA) is 107 Å². The van der Waals surface area contributed by atoms with Crippen molar-refractivity contribution in [3.8, 4) is 11.4 Å². The summed E-state index contributed by atoms with van der Waals surface area (Å²) in [6.07, 6.45) is 0.0228. The second-order valence-electron chi connectivity index (χ2n) is 7.77. The molecule has 0 unspecified atom stereocenters. The van der Waals surface area contributed by atoms with E-state index in [1.54, 1.807) is 36.4 Å². The van der Waals surface area contributed by atoms with Crippen LogP contribution in [0.3, 0.4) is 0 Å². The number of rotatable bonds is 5. The summed E-state index contributed by atoms with van der Waals surface area (Å²) in [7, 11) is 0. The molecule has 0 spiro atoms. The van der Waals surface area contributed by atoms with Gasteiger partial charge in [0, 0.05) is 24.1 Å². The van der Waals surface area contributed by atoms with Crippen LogP contribution >= 0.6 is 0 Å². The van der Waals surface area contributed by atoms with Crippen molar-refractivity contribution >= 4 is 45.8 Å². The van der Waals surface area contributed by atoms with Gasteiger partial charge in [-0.25, -0.2) is 4.98 Å². The molecule has 33 heavy (non-hydrogen) atoms. The Kier molecular flexibility index (Phi) is 5.32. The largest absolute Gasteiger partial charge is 0.338 e. The van der Waals surface area contributed by atoms with Gasteiger partial charge in [-0.2, -0.15) is 0 Å². The minimum absolute atomic E-state index is 0.00448. The zero-order chi connectivity index (χ0) is 22.8. The molecule has 5 rings (SSSR count). The number of fused-ring (bicyclic) bond motifs is 2. The number of imidazole rings is 1. The van der Waals surface area contributed by atoms with E-state index in [4.69, 9.17) is 0 Å². The molecular formula is C25H21N5O3. The van der Waals surface area contributed by atoms with Crippen molar-refractivity contribution in [3.05, 3.63) is 72.8 Å². The van der Waals surface area contributed by atoms with Gasteiger partial charge in [-0.3, -0.25) is 14.4 Å². The maximum absolute atomic E-state index is 12.7. The maximum atomic E-state index is 12.7. The van der Waals surface area contributed by atoms with E-state index in [1.165, 1.54) is 4.90 Å². The number of hydrogen-bond donors (Lipinski definition) is 3. The number of nitrogens with one attached hydrogen (secondary N) is 3. The standard InChI is InChI=1S/C25H21N5O3/c31-22(13-14-24(33)30-15-23(32)27-20-7-3-4-8-21(20)30)26-17-11-9-16(10-12-17)25-28-18-5-1-2-6-19(18)29-25/h1-12H,13-15H2,(H,26,31)(H,27,32)(H,28,29). The molecule has 4 aromatic rings. The molecule has 1 aliphatic heterocycles. The molecule has 1 aromatic heterocycles. The van der Waals surface area contributed by atoms with Crippen LogP contribution in [0, 0.1) is 0 Å². The number of nitrogens with zero attached hydrogens (tertiary/aromatic N) is 2. The van der Waals surface area contributed by atoms with Crippen LogP contribution in [0.1, 0.15) is 12.8 Å². The first-order valence-corrected chi connectivity index (χ1v) is 10.6. The molecule has 3 N–H and O–H groups in total. The summed E-state index contributed by atoms with van der Waals surface area (Å²) in [6, 6.07) is 22.3. The Bertz CT molecular complexity index is 1330. The van der Waals surface area contributed by atoms with Gasteiger partial charge in [-0.05, 0) is 48.5 Å². The first-order chi connectivity index (χ1) is 16.1. The van der Waals surface area contributed by atoms with Gasteiger partial charge in [0.1, 0.15) is 12.4 Å². The lowest BCUT2D eigenvalue weighted by Crippen LogP contribution is -2.42. The molecule has 3 amide bonds. The second-order valence-corrected chi connectivity index (χ2v) is 7.77. The Morgan fingerprint density at radius 3 is 2.52 bits per heavy atom. The van der Waals surface area contributed by atoms with E-state index in [0.29, 0.717) is 17.1 Å². The molecule has 0 aliphatic carbocycles. The summed E-state index contributed by atoms with van der Waals surface area (Å²) in [5.41, 5.74) is 4.63. The number of hydrogen-bond acceptors (Lipinski definition) is 4. The SMILES string of the molecule is O=C(CCC(=O)N1CC(=O)Nc2ccccc21)Nc1ccc(-c2nc3ccccc3[nH]2)cc1. The van der Waals surface area contributed by atoms with E-state index in [-0.39, 0.29) is 37.1 Å². The molecular weight excluding hydrogens is 418 g/mol. The minimum atomic E-state index is -0.271. The summed E-state index contributed by atoms with van der Waals surface area (Å²) in [6.45, 7) is -0.0548. The van der Waals surface area contributed by atoms with Crippen molar-refractivity contribution in [2.45, 2.75) is 12.8 Å². The Morgan fingerprint density at radius 1 is 0.939 bits per heavy atom. The van der Waals surface area contributed by atoms with E-state index >= 15 is 0 Å². The Balaban J connectivity index is 1.19. The van der Waals surface area contributed by atoms with Crippen molar-refractivity contribution < 1.29 is 14.4 Å². The van der Waals surface area contributed by atoms with Crippen LogP contribution in [-0.4, -0.2) is 34.2 Å². The number of amides is 3. The molecule has 8 heteroatoms. The third-order valence-electron chi connectivity index (χ3n) is 5.47. The zero-order valence-corrected chi connectivity index (χ0v) is 17.7. The van der Waals surface area contributed by atoms with Gasteiger partial charge in [0.2, 0.25) is 17.7 Å². The van der Waals surface area contributed by atoms with Crippen molar-refractivity contribution in [1.82, 2.24) is 9.97 Å². The monoisotopic (exact) mass is 439 g/mol. The fourth-order valence-electron chi connectivity index (χ4n) is 3.84. The highest BCUT2D eigenvalue weighted by molar-refractivity contribution is 6.10. The van der Waals surface area contributed by atoms with Crippen molar-refractivity contribution in [1.29, 1.82) is 0 Å². The Labute approximate surface area is 189 Å². The third-order valence-corrected chi connectivity index (χ3v) is 5.47. The molecule has 0 fully saturated rings. The van der Waals surface area contributed by atoms with Crippen LogP contribution in [0.25, 0.3) is 22.4 Å². The van der Waals surface area contributed by atoms with Gasteiger partial charge < -0.3 is 20.5 Å². The van der Waals surface area contributed by atoms with Gasteiger partial charge >= 0.3 is 0 Å². The normalized spacial score (nSPS) is 12.8. The van der Waals surface area contributed by atoms with Crippen molar-refractivity contribution in [2.24, 2.45) is 0 Å². The van der Waals surface area contributed by atoms with Crippen LogP contribution in [0.2, 0.25) is 0 Å². The van der Waals surface area contributed by atoms with Crippen LogP contribution < -0.4 is 15.5 Å². The molecule has 0 radical (unpaired) electrons. The number of aromatic amines is 1. The van der Waals surface area contributed by atoms with Crippen LogP contribution in [0.4, 0.5) is 17.1 Å². The molecule has 164 valence electrons. The minimum Gasteiger partial charge on any atom is -0.338 e. The predicted octanol–water partition coefficient (Wildman–Crippen LogP) is 3.93. The Hall–Kier alpha value is -4.46. The van der Waals surface area contributed by atoms with Gasteiger partial charge in [-0.1, -0.05) is 24.3 Å². The number of aromatic nitrogens is 2. The number of carbonyl (C=O) groups is 3. The zero-order valence-electron chi connectivity index (χ0n) is 17.7. The molecule has 2 heterocycles. The van der Waals surface area contributed by atoms with E-state index in [9.17, 15) is 14.4 Å². The quantitative estimate of drug-likeness (QED) is 0.438. The molecule has 0 atom stereocenters. The molecule has 1 aliphatic rings. The maximum Gasteiger partial charge on any atom is 0.244 e. The number of benzene rings is 3. The highest BCUT2D eigenvalue weighted by Gasteiger charge is 2.26. The second kappa shape index (κ2) is 8.58. The summed E-state index contributed by atoms with van der Waals surface area (Å²) in [5, 5.41) is 5.56. The van der Waals surface area contributed by atoms with E-state index in [0.717, 1.165) is 22.4 Å². The summed E-state index contributed by atoms with van der Waals surface area (Å²) in [4.78, 5) is 46.3. The van der Waals surface area contributed by atoms with Crippen LogP contribution in [-0.2, 0) is 14.4 Å². The fraction of sp³-hybridized carbons (Fsp3) is 0.120. The van der Waals surface area contributed by atoms with E-state index in [1.807, 2.05) is 36.4 Å². The molecule has 0 saturated carbocycles. The highest BCUT2D eigenvalue weighted by Crippen LogP contribution is 2.29. The van der Waals surface area contributed by atoms with Crippen LogP contribution in [0.5, 0.6) is 0 Å². The average Bonchev–Trinajstić information content (AvgIpc) is 3.27. The molecule has 3 aromatic carbocycles. The first kappa shape index (κ1) is 20.4. The molecule has 0 bridgehead atoms. The van der Waals surface area contributed by atoms with E-state index in [2.05, 4.69) is 20.6 Å². The summed E-state index contributed by atoms with van der Waals surface area (Å²) >= 11 is 0. The molecule has 0 saturated heterocycles. The summed E-state index contributed by atoms with van der Waals surface area (Å²) in [5.74, 6) is -0.0381. The van der Waals surface area contributed by atoms with Gasteiger partial charge in [-0.15, -0.1) is 0 Å². The highest BCUT2D eigenvalue weighted by atomic mass is 16.2. The fourth-order valence-corrected chi connectivity index (χ4v) is 3.84. The van der Waals surface area contributed by atoms with Gasteiger partial charge in [0.15, 0.2) is 0 Å². The van der Waals surface area contributed by atoms with E-state index < -0.39 is 0 Å². The lowest BCUT2D eigenvalue weighted by atomic mass is 10.1. The Morgan fingerprint density at radius 2 is 1.70 bits per heavy atom. The van der Waals surface area contributed by atoms with Crippen molar-refractivity contribution in [2.75, 3.05) is 22.1 Å². The third kappa shape index (κ3) is 4.31. The predicted molar refractivity (Wildman–Crippen MR) is 127 cm³/mol. The number of para-hydroxylation sites is 4. The lowest BCUT2D eigenvalue weighted by Gasteiger charge is -2.29. The smallest absolute Gasteiger partial charge is 0.244 e. The van der Waals surface area contributed by atoms with Crippen LogP contribution in [0.15, 0.2) is 72.8 Å². The molecule has 8 nitrogen and oxygen atoms in total. The number of H-pyrrole nitrogens is 1. The lowest BCUT2D eigenvalue weighted by molar-refractivity contribution is -0.124. The van der Waals surface area contributed by atoms with Gasteiger partial charge in [0.25, 0.3) is 0 Å². The van der Waals surface area contributed by atoms with Gasteiger partial charge in [0.05, 0.1) is 22.4 Å². The van der Waals surface area contributed by atoms with Crippen molar-refractivity contribution in [3.63, 3.8) is 0 Å². The number of carbonyl (C=O) groups excluding carboxylic acids is 3. The summed E-state index contributed by atoms with van der Waals surface area (Å²) < 4.78 is 0.